The van der Waals surface area contributed by atoms with E-state index in [1.54, 1.807) is 23.1 Å². The first-order chi connectivity index (χ1) is 16.4. The van der Waals surface area contributed by atoms with Gasteiger partial charge in [-0.3, -0.25) is 19.3 Å². The van der Waals surface area contributed by atoms with Crippen molar-refractivity contribution in [2.24, 2.45) is 0 Å². The van der Waals surface area contributed by atoms with Gasteiger partial charge >= 0.3 is 0 Å². The zero-order chi connectivity index (χ0) is 24.1. The van der Waals surface area contributed by atoms with Crippen LogP contribution in [0.1, 0.15) is 70.7 Å². The van der Waals surface area contributed by atoms with Crippen molar-refractivity contribution in [1.29, 1.82) is 0 Å². The minimum atomic E-state index is -0.795. The van der Waals surface area contributed by atoms with E-state index < -0.39 is 6.04 Å². The van der Waals surface area contributed by atoms with E-state index in [0.717, 1.165) is 41.0 Å². The summed E-state index contributed by atoms with van der Waals surface area (Å²) in [6, 6.07) is 12.2. The zero-order valence-electron chi connectivity index (χ0n) is 19.6. The first-order valence-corrected chi connectivity index (χ1v) is 13.5. The molecule has 3 aromatic rings. The van der Waals surface area contributed by atoms with Crippen molar-refractivity contribution in [2.75, 3.05) is 4.90 Å². The number of carbonyl (C=O) groups is 3. The molecular weight excluding hydrogens is 464 g/mol. The van der Waals surface area contributed by atoms with Crippen LogP contribution in [0.25, 0.3) is 0 Å². The van der Waals surface area contributed by atoms with Crippen molar-refractivity contribution in [2.45, 2.75) is 64.5 Å². The van der Waals surface area contributed by atoms with E-state index in [0.29, 0.717) is 11.3 Å². The molecule has 1 unspecified atom stereocenters. The second-order valence-corrected chi connectivity index (χ2v) is 10.8. The summed E-state index contributed by atoms with van der Waals surface area (Å²) in [5.41, 5.74) is 2.05. The largest absolute Gasteiger partial charge is 0.351 e. The molecule has 0 radical (unpaired) electrons. The molecule has 4 rings (SSSR count). The van der Waals surface area contributed by atoms with Gasteiger partial charge in [0.05, 0.1) is 6.42 Å². The standard InChI is InChI=1S/C27H30N2O3S2/c1-18-13-15-34-26(18)25(27(32)28-21-9-4-3-5-10-21)29(24(31)17-23-12-7-14-33-23)22-11-6-8-20(16-22)19(2)30/h6-8,11-16,21,25H,3-5,9-10,17H2,1-2H3,(H,28,32). The lowest BCUT2D eigenvalue weighted by atomic mass is 9.95. The number of nitrogens with one attached hydrogen (secondary N) is 1. The average Bonchev–Trinajstić information content (AvgIpc) is 3.49. The Bertz CT molecular complexity index is 1150. The highest BCUT2D eigenvalue weighted by Crippen LogP contribution is 2.35. The molecule has 0 saturated heterocycles. The number of carbonyl (C=O) groups excluding carboxylic acids is 3. The molecule has 0 spiro atoms. The quantitative estimate of drug-likeness (QED) is 0.386. The topological polar surface area (TPSA) is 66.5 Å². The molecule has 0 bridgehead atoms. The van der Waals surface area contributed by atoms with Crippen LogP contribution >= 0.6 is 22.7 Å². The molecule has 2 aromatic heterocycles. The highest BCUT2D eigenvalue weighted by molar-refractivity contribution is 7.10. The van der Waals surface area contributed by atoms with E-state index in [2.05, 4.69) is 5.32 Å². The molecule has 34 heavy (non-hydrogen) atoms. The van der Waals surface area contributed by atoms with Crippen molar-refractivity contribution in [3.8, 4) is 0 Å². The third-order valence-electron chi connectivity index (χ3n) is 6.31. The number of thiophene rings is 2. The molecule has 2 heterocycles. The summed E-state index contributed by atoms with van der Waals surface area (Å²) in [6.07, 6.45) is 5.53. The number of benzene rings is 1. The Kier molecular flexibility index (Phi) is 7.95. The third-order valence-corrected chi connectivity index (χ3v) is 8.26. The second kappa shape index (κ2) is 11.1. The Morgan fingerprint density at radius 3 is 2.47 bits per heavy atom. The lowest BCUT2D eigenvalue weighted by Gasteiger charge is -2.33. The zero-order valence-corrected chi connectivity index (χ0v) is 21.2. The minimum Gasteiger partial charge on any atom is -0.351 e. The van der Waals surface area contributed by atoms with E-state index in [9.17, 15) is 14.4 Å². The molecule has 1 aliphatic rings. The van der Waals surface area contributed by atoms with Gasteiger partial charge in [-0.05, 0) is 67.3 Å². The van der Waals surface area contributed by atoms with Crippen LogP contribution in [0.3, 0.4) is 0 Å². The van der Waals surface area contributed by atoms with Gasteiger partial charge in [-0.1, -0.05) is 37.5 Å². The molecule has 2 amide bonds. The van der Waals surface area contributed by atoms with Crippen molar-refractivity contribution in [3.63, 3.8) is 0 Å². The van der Waals surface area contributed by atoms with E-state index in [1.165, 1.54) is 36.0 Å². The van der Waals surface area contributed by atoms with Crippen LogP contribution in [0.2, 0.25) is 0 Å². The van der Waals surface area contributed by atoms with Crippen LogP contribution in [0.4, 0.5) is 5.69 Å². The summed E-state index contributed by atoms with van der Waals surface area (Å²) in [7, 11) is 0. The second-order valence-electron chi connectivity index (χ2n) is 8.84. The Morgan fingerprint density at radius 1 is 1.03 bits per heavy atom. The van der Waals surface area contributed by atoms with Crippen molar-refractivity contribution in [3.05, 3.63) is 74.1 Å². The van der Waals surface area contributed by atoms with Gasteiger partial charge in [0, 0.05) is 27.0 Å². The van der Waals surface area contributed by atoms with Crippen LogP contribution in [-0.2, 0) is 16.0 Å². The van der Waals surface area contributed by atoms with Crippen LogP contribution in [-0.4, -0.2) is 23.6 Å². The van der Waals surface area contributed by atoms with Gasteiger partial charge < -0.3 is 5.32 Å². The number of ketones is 1. The maximum atomic E-state index is 13.8. The third kappa shape index (κ3) is 5.65. The van der Waals surface area contributed by atoms with Gasteiger partial charge in [0.25, 0.3) is 0 Å². The fourth-order valence-corrected chi connectivity index (χ4v) is 6.21. The summed E-state index contributed by atoms with van der Waals surface area (Å²) >= 11 is 3.01. The molecule has 1 aliphatic carbocycles. The fourth-order valence-electron chi connectivity index (χ4n) is 4.50. The van der Waals surface area contributed by atoms with Gasteiger partial charge in [-0.2, -0.15) is 0 Å². The first-order valence-electron chi connectivity index (χ1n) is 11.7. The van der Waals surface area contributed by atoms with Crippen molar-refractivity contribution in [1.82, 2.24) is 5.32 Å². The fraction of sp³-hybridized carbons (Fsp3) is 0.370. The molecule has 1 aromatic carbocycles. The smallest absolute Gasteiger partial charge is 0.248 e. The number of anilines is 1. The van der Waals surface area contributed by atoms with Gasteiger partial charge in [0.1, 0.15) is 6.04 Å². The predicted octanol–water partition coefficient (Wildman–Crippen LogP) is 6.09. The van der Waals surface area contributed by atoms with Gasteiger partial charge in [-0.15, -0.1) is 22.7 Å². The predicted molar refractivity (Wildman–Crippen MR) is 139 cm³/mol. The van der Waals surface area contributed by atoms with E-state index >= 15 is 0 Å². The van der Waals surface area contributed by atoms with E-state index in [-0.39, 0.29) is 30.1 Å². The Morgan fingerprint density at radius 2 is 1.82 bits per heavy atom. The molecule has 5 nitrogen and oxygen atoms in total. The summed E-state index contributed by atoms with van der Waals surface area (Å²) in [5.74, 6) is -0.409. The van der Waals surface area contributed by atoms with Gasteiger partial charge in [0.2, 0.25) is 11.8 Å². The number of Topliss-reactive ketones (excluding diaryl/α,β-unsaturated/α-hetero) is 1. The molecule has 1 saturated carbocycles. The number of rotatable bonds is 8. The summed E-state index contributed by atoms with van der Waals surface area (Å²) in [5, 5.41) is 7.15. The van der Waals surface area contributed by atoms with E-state index in [1.807, 2.05) is 41.9 Å². The monoisotopic (exact) mass is 494 g/mol. The maximum absolute atomic E-state index is 13.8. The number of hydrogen-bond acceptors (Lipinski definition) is 5. The van der Waals surface area contributed by atoms with Crippen molar-refractivity contribution < 1.29 is 14.4 Å². The lowest BCUT2D eigenvalue weighted by Crippen LogP contribution is -2.47. The summed E-state index contributed by atoms with van der Waals surface area (Å²) < 4.78 is 0. The lowest BCUT2D eigenvalue weighted by molar-refractivity contribution is -0.127. The van der Waals surface area contributed by atoms with Gasteiger partial charge in [-0.25, -0.2) is 0 Å². The SMILES string of the molecule is CC(=O)c1cccc(N(C(=O)Cc2cccs2)C(C(=O)NC2CCCCC2)c2sccc2C)c1. The van der Waals surface area contributed by atoms with E-state index in [4.69, 9.17) is 0 Å². The highest BCUT2D eigenvalue weighted by atomic mass is 32.1. The molecule has 0 aliphatic heterocycles. The first kappa shape index (κ1) is 24.4. The molecule has 7 heteroatoms. The van der Waals surface area contributed by atoms with Crippen LogP contribution in [0, 0.1) is 6.92 Å². The van der Waals surface area contributed by atoms with Gasteiger partial charge in [0.15, 0.2) is 5.78 Å². The van der Waals surface area contributed by atoms with Crippen LogP contribution in [0.15, 0.2) is 53.2 Å². The maximum Gasteiger partial charge on any atom is 0.248 e. The Balaban J connectivity index is 1.77. The molecule has 1 N–H and O–H groups in total. The minimum absolute atomic E-state index is 0.0805. The number of aryl methyl sites for hydroxylation is 1. The Hall–Kier alpha value is -2.77. The van der Waals surface area contributed by atoms with Crippen LogP contribution < -0.4 is 10.2 Å². The number of amides is 2. The summed E-state index contributed by atoms with van der Waals surface area (Å²) in [4.78, 5) is 43.2. The average molecular weight is 495 g/mol. The molecule has 1 fully saturated rings. The normalized spacial score (nSPS) is 15.0. The number of hydrogen-bond donors (Lipinski definition) is 1. The van der Waals surface area contributed by atoms with Crippen molar-refractivity contribution >= 4 is 46.0 Å². The highest BCUT2D eigenvalue weighted by Gasteiger charge is 2.36. The molecule has 178 valence electrons. The molecular formula is C27H30N2O3S2. The van der Waals surface area contributed by atoms with Crippen LogP contribution in [0.5, 0.6) is 0 Å². The Labute approximate surface area is 208 Å². The summed E-state index contributed by atoms with van der Waals surface area (Å²) in [6.45, 7) is 3.48. The number of nitrogens with zero attached hydrogens (tertiary/aromatic N) is 1. The molecule has 1 atom stereocenters.